The van der Waals surface area contributed by atoms with Crippen molar-refractivity contribution >= 4 is 17.2 Å². The minimum Gasteiger partial charge on any atom is -0.354 e. The summed E-state index contributed by atoms with van der Waals surface area (Å²) in [5, 5.41) is 2.67. The zero-order valence-electron chi connectivity index (χ0n) is 3.98. The molecule has 0 spiro atoms. The third kappa shape index (κ3) is 3.19. The van der Waals surface area contributed by atoms with Gasteiger partial charge in [0.15, 0.2) is 0 Å². The van der Waals surface area contributed by atoms with E-state index < -0.39 is 0 Å². The Morgan fingerprint density at radius 1 is 1.57 bits per heavy atom. The van der Waals surface area contributed by atoms with E-state index in [1.54, 1.807) is 6.08 Å². The van der Waals surface area contributed by atoms with Crippen molar-refractivity contribution in [3.63, 3.8) is 0 Å². The third-order valence-electron chi connectivity index (χ3n) is 0.430. The Kier molecular flexibility index (Phi) is 3.24. The molecule has 0 radical (unpaired) electrons. The maximum Gasteiger partial charge on any atom is 0.102 e. The minimum absolute atomic E-state index is 0.606. The second kappa shape index (κ2) is 3.56. The summed E-state index contributed by atoms with van der Waals surface area (Å²) in [6, 6.07) is 0. The van der Waals surface area contributed by atoms with Crippen molar-refractivity contribution in [1.82, 2.24) is 5.32 Å². The lowest BCUT2D eigenvalue weighted by atomic mass is 10.6. The molecule has 0 bridgehead atoms. The monoisotopic (exact) mass is 113 g/mol. The molecule has 0 aromatic carbocycles. The van der Waals surface area contributed by atoms with Crippen molar-refractivity contribution < 1.29 is 0 Å². The van der Waals surface area contributed by atoms with E-state index >= 15 is 0 Å². The molecule has 0 amide bonds. The average Bonchev–Trinajstić information content (AvgIpc) is 1.68. The first-order valence-corrected chi connectivity index (χ1v) is 2.26. The van der Waals surface area contributed by atoms with E-state index in [0.29, 0.717) is 4.99 Å². The predicted octanol–water partition coefficient (Wildman–Crippen LogP) is 1.23. The lowest BCUT2D eigenvalue weighted by Crippen LogP contribution is -2.09. The molecule has 0 saturated carbocycles. The van der Waals surface area contributed by atoms with Gasteiger partial charge in [0.1, 0.15) is 4.99 Å². The van der Waals surface area contributed by atoms with E-state index in [4.69, 9.17) is 0 Å². The van der Waals surface area contributed by atoms with Crippen molar-refractivity contribution in [2.75, 3.05) is 0 Å². The van der Waals surface area contributed by atoms with Crippen LogP contribution < -0.4 is 5.32 Å². The van der Waals surface area contributed by atoms with E-state index in [1.165, 1.54) is 6.20 Å². The normalized spacial score (nSPS) is 6.86. The fraction of sp³-hybridized carbons (Fsp3) is 0. The molecule has 2 heteroatoms. The van der Waals surface area contributed by atoms with Crippen LogP contribution in [0.5, 0.6) is 0 Å². The van der Waals surface area contributed by atoms with Crippen LogP contribution >= 0.6 is 12.2 Å². The van der Waals surface area contributed by atoms with Crippen molar-refractivity contribution in [2.45, 2.75) is 0 Å². The van der Waals surface area contributed by atoms with Crippen LogP contribution in [-0.4, -0.2) is 4.99 Å². The molecule has 1 N–H and O–H groups in total. The Bertz CT molecular complexity index is 96.3. The molecule has 0 aliphatic carbocycles. The van der Waals surface area contributed by atoms with E-state index in [2.05, 4.69) is 30.7 Å². The Morgan fingerprint density at radius 2 is 2.14 bits per heavy atom. The number of hydrogen-bond acceptors (Lipinski definition) is 1. The molecular formula is C5H7NS. The Labute approximate surface area is 48.7 Å². The van der Waals surface area contributed by atoms with Gasteiger partial charge in [0, 0.05) is 0 Å². The number of nitrogens with one attached hydrogen (secondary N) is 1. The summed E-state index contributed by atoms with van der Waals surface area (Å²) < 4.78 is 0. The van der Waals surface area contributed by atoms with Gasteiger partial charge in [-0.3, -0.25) is 0 Å². The lowest BCUT2D eigenvalue weighted by molar-refractivity contribution is 1.34. The van der Waals surface area contributed by atoms with Crippen LogP contribution in [-0.2, 0) is 0 Å². The van der Waals surface area contributed by atoms with Gasteiger partial charge in [-0.2, -0.15) is 0 Å². The Morgan fingerprint density at radius 3 is 2.29 bits per heavy atom. The molecule has 0 saturated heterocycles. The summed E-state index contributed by atoms with van der Waals surface area (Å²) in [5.41, 5.74) is 0. The van der Waals surface area contributed by atoms with E-state index in [1.807, 2.05) is 0 Å². The number of rotatable bonds is 2. The van der Waals surface area contributed by atoms with Crippen LogP contribution in [0.15, 0.2) is 25.4 Å². The maximum atomic E-state index is 4.65. The zero-order chi connectivity index (χ0) is 5.70. The van der Waals surface area contributed by atoms with Crippen molar-refractivity contribution in [1.29, 1.82) is 0 Å². The SMILES string of the molecule is C=CNC(=S)C=C. The second-order valence-corrected chi connectivity index (χ2v) is 1.36. The van der Waals surface area contributed by atoms with E-state index in [0.717, 1.165) is 0 Å². The molecule has 0 aliphatic rings. The standard InChI is InChI=1S/C5H7NS/c1-3-5(7)6-4-2/h3-4H,1-2H2,(H,6,7). The summed E-state index contributed by atoms with van der Waals surface area (Å²) in [5.74, 6) is 0. The molecule has 0 aromatic heterocycles. The summed E-state index contributed by atoms with van der Waals surface area (Å²) >= 11 is 4.65. The van der Waals surface area contributed by atoms with E-state index in [9.17, 15) is 0 Å². The van der Waals surface area contributed by atoms with E-state index in [-0.39, 0.29) is 0 Å². The summed E-state index contributed by atoms with van der Waals surface area (Å²) in [7, 11) is 0. The predicted molar refractivity (Wildman–Crippen MR) is 36.1 cm³/mol. The van der Waals surface area contributed by atoms with Gasteiger partial charge in [-0.25, -0.2) is 0 Å². The van der Waals surface area contributed by atoms with Gasteiger partial charge >= 0.3 is 0 Å². The molecule has 0 rings (SSSR count). The molecule has 0 fully saturated rings. The first-order valence-electron chi connectivity index (χ1n) is 1.85. The molecule has 1 nitrogen and oxygen atoms in total. The van der Waals surface area contributed by atoms with Crippen LogP contribution in [0.3, 0.4) is 0 Å². The summed E-state index contributed by atoms with van der Waals surface area (Å²) in [6.45, 7) is 6.83. The first kappa shape index (κ1) is 6.37. The molecule has 0 aromatic rings. The molecule has 7 heavy (non-hydrogen) atoms. The smallest absolute Gasteiger partial charge is 0.102 e. The van der Waals surface area contributed by atoms with Gasteiger partial charge in [-0.15, -0.1) is 0 Å². The van der Waals surface area contributed by atoms with Gasteiger partial charge in [0.05, 0.1) is 0 Å². The molecule has 0 unspecified atom stereocenters. The maximum absolute atomic E-state index is 4.65. The fourth-order valence-electron chi connectivity index (χ4n) is 0.160. The summed E-state index contributed by atoms with van der Waals surface area (Å²) in [4.78, 5) is 0.606. The molecule has 0 atom stereocenters. The lowest BCUT2D eigenvalue weighted by Gasteiger charge is -1.89. The topological polar surface area (TPSA) is 12.0 Å². The average molecular weight is 113 g/mol. The highest BCUT2D eigenvalue weighted by molar-refractivity contribution is 7.80. The number of thiocarbonyl (C=S) groups is 1. The quantitative estimate of drug-likeness (QED) is 0.427. The van der Waals surface area contributed by atoms with Gasteiger partial charge in [-0.1, -0.05) is 25.4 Å². The Balaban J connectivity index is 3.36. The second-order valence-electron chi connectivity index (χ2n) is 0.917. The van der Waals surface area contributed by atoms with Gasteiger partial charge in [-0.05, 0) is 12.3 Å². The third-order valence-corrected chi connectivity index (χ3v) is 0.714. The van der Waals surface area contributed by atoms with Crippen LogP contribution in [0, 0.1) is 0 Å². The van der Waals surface area contributed by atoms with Crippen LogP contribution in [0.1, 0.15) is 0 Å². The van der Waals surface area contributed by atoms with Gasteiger partial charge < -0.3 is 5.32 Å². The zero-order valence-corrected chi connectivity index (χ0v) is 4.79. The first-order chi connectivity index (χ1) is 3.31. The van der Waals surface area contributed by atoms with Crippen LogP contribution in [0.4, 0.5) is 0 Å². The van der Waals surface area contributed by atoms with Crippen molar-refractivity contribution in [3.8, 4) is 0 Å². The van der Waals surface area contributed by atoms with Crippen LogP contribution in [0.25, 0.3) is 0 Å². The molecule has 38 valence electrons. The van der Waals surface area contributed by atoms with Gasteiger partial charge in [0.2, 0.25) is 0 Å². The minimum atomic E-state index is 0.606. The number of hydrogen-bond donors (Lipinski definition) is 1. The summed E-state index contributed by atoms with van der Waals surface area (Å²) in [6.07, 6.45) is 3.07. The molecule has 0 aliphatic heterocycles. The molecule has 0 heterocycles. The Hall–Kier alpha value is -0.630. The van der Waals surface area contributed by atoms with Crippen molar-refractivity contribution in [2.24, 2.45) is 0 Å². The van der Waals surface area contributed by atoms with Crippen LogP contribution in [0.2, 0.25) is 0 Å². The van der Waals surface area contributed by atoms with Crippen molar-refractivity contribution in [3.05, 3.63) is 25.4 Å². The highest BCUT2D eigenvalue weighted by Gasteiger charge is 1.75. The largest absolute Gasteiger partial charge is 0.354 e. The fourth-order valence-corrected chi connectivity index (χ4v) is 0.243. The van der Waals surface area contributed by atoms with Gasteiger partial charge in [0.25, 0.3) is 0 Å². The molecular weight excluding hydrogens is 106 g/mol. The highest BCUT2D eigenvalue weighted by Crippen LogP contribution is 1.68. The highest BCUT2D eigenvalue weighted by atomic mass is 32.1.